The summed E-state index contributed by atoms with van der Waals surface area (Å²) in [6, 6.07) is 50.1. The van der Waals surface area contributed by atoms with Crippen molar-refractivity contribution in [3.8, 4) is 56.4 Å². The van der Waals surface area contributed by atoms with Crippen molar-refractivity contribution in [2.75, 3.05) is 0 Å². The number of hydrogen-bond acceptors (Lipinski definition) is 4. The minimum absolute atomic E-state index is 0.0893. The first kappa shape index (κ1) is 34.0. The first-order valence-corrected chi connectivity index (χ1v) is 21.9. The van der Waals surface area contributed by atoms with Gasteiger partial charge < -0.3 is 0 Å². The highest BCUT2D eigenvalue weighted by Gasteiger charge is 2.39. The van der Waals surface area contributed by atoms with Crippen molar-refractivity contribution < 1.29 is 0 Å². The van der Waals surface area contributed by atoms with Gasteiger partial charge in [0.25, 0.3) is 0 Å². The molecule has 8 aromatic rings. The van der Waals surface area contributed by atoms with E-state index in [-0.39, 0.29) is 5.41 Å². The van der Waals surface area contributed by atoms with Crippen molar-refractivity contribution >= 4 is 34.8 Å². The number of rotatable bonds is 8. The van der Waals surface area contributed by atoms with Crippen LogP contribution in [0.3, 0.4) is 0 Å². The fourth-order valence-corrected chi connectivity index (χ4v) is 12.7. The lowest BCUT2D eigenvalue weighted by molar-refractivity contribution is 0.661. The molecule has 4 nitrogen and oxygen atoms in total. The van der Waals surface area contributed by atoms with Gasteiger partial charge in [-0.1, -0.05) is 167 Å². The van der Waals surface area contributed by atoms with E-state index in [1.165, 1.54) is 56.7 Å². The largest absolute Gasteiger partial charge is 0.264 e. The summed E-state index contributed by atoms with van der Waals surface area (Å²) in [4.78, 5) is 19.9. The standard InChI is InChI=1S/C49H44N4Si/c1-6-54(7-2,8-3)37-26-27-40-43(30-37)49(4,5)42-23-13-21-39(45(40)42)34-17-11-18-35(29-34)46-51-47(36-19-14-28-50-31-36)53-48(52-46)41-22-12-16-33-25-24-32-15-9-10-20-38(32)44(33)41/h9-31H,6-8H2,1-5H3. The van der Waals surface area contributed by atoms with E-state index in [1.807, 2.05) is 18.3 Å². The third-order valence-corrected chi connectivity index (χ3v) is 17.9. The Labute approximate surface area is 319 Å². The molecule has 2 aromatic heterocycles. The third kappa shape index (κ3) is 5.41. The minimum Gasteiger partial charge on any atom is -0.264 e. The first-order valence-electron chi connectivity index (χ1n) is 19.3. The van der Waals surface area contributed by atoms with Crippen LogP contribution in [-0.2, 0) is 5.41 Å². The summed E-state index contributed by atoms with van der Waals surface area (Å²) in [5, 5.41) is 6.26. The maximum atomic E-state index is 5.24. The second-order valence-corrected chi connectivity index (χ2v) is 20.5. The van der Waals surface area contributed by atoms with E-state index in [0.29, 0.717) is 17.5 Å². The van der Waals surface area contributed by atoms with Gasteiger partial charge in [-0.2, -0.15) is 0 Å². The zero-order valence-electron chi connectivity index (χ0n) is 31.7. The summed E-state index contributed by atoms with van der Waals surface area (Å²) in [7, 11) is -1.54. The molecule has 54 heavy (non-hydrogen) atoms. The van der Waals surface area contributed by atoms with Crippen LogP contribution in [-0.4, -0.2) is 28.0 Å². The topological polar surface area (TPSA) is 51.6 Å². The van der Waals surface area contributed by atoms with E-state index in [1.54, 1.807) is 11.4 Å². The summed E-state index contributed by atoms with van der Waals surface area (Å²) in [6.45, 7) is 12.0. The normalized spacial score (nSPS) is 13.3. The lowest BCUT2D eigenvalue weighted by Crippen LogP contribution is -2.46. The second-order valence-electron chi connectivity index (χ2n) is 15.3. The van der Waals surface area contributed by atoms with Crippen molar-refractivity contribution in [1.29, 1.82) is 0 Å². The zero-order chi connectivity index (χ0) is 37.0. The van der Waals surface area contributed by atoms with E-state index in [0.717, 1.165) is 33.0 Å². The second kappa shape index (κ2) is 13.3. The molecule has 0 bridgehead atoms. The predicted octanol–water partition coefficient (Wildman–Crippen LogP) is 12.3. The number of aromatic nitrogens is 4. The van der Waals surface area contributed by atoms with Crippen LogP contribution in [0.25, 0.3) is 78.0 Å². The van der Waals surface area contributed by atoms with E-state index in [2.05, 4.69) is 155 Å². The lowest BCUT2D eigenvalue weighted by Gasteiger charge is -2.30. The van der Waals surface area contributed by atoms with Crippen molar-refractivity contribution in [1.82, 2.24) is 19.9 Å². The van der Waals surface area contributed by atoms with E-state index in [4.69, 9.17) is 15.0 Å². The molecular formula is C49H44N4Si. The Bertz CT molecular complexity index is 2700. The molecule has 1 aliphatic rings. The molecule has 0 atom stereocenters. The first-order chi connectivity index (χ1) is 26.3. The van der Waals surface area contributed by atoms with E-state index in [9.17, 15) is 0 Å². The van der Waals surface area contributed by atoms with Gasteiger partial charge in [0.05, 0.1) is 8.07 Å². The lowest BCUT2D eigenvalue weighted by atomic mass is 9.82. The predicted molar refractivity (Wildman–Crippen MR) is 229 cm³/mol. The van der Waals surface area contributed by atoms with Crippen molar-refractivity contribution in [3.63, 3.8) is 0 Å². The summed E-state index contributed by atoms with van der Waals surface area (Å²) in [6.07, 6.45) is 3.60. The highest BCUT2D eigenvalue weighted by molar-refractivity contribution is 6.91. The van der Waals surface area contributed by atoms with Crippen LogP contribution in [0.2, 0.25) is 18.1 Å². The van der Waals surface area contributed by atoms with Gasteiger partial charge >= 0.3 is 0 Å². The molecule has 5 heteroatoms. The van der Waals surface area contributed by atoms with Crippen molar-refractivity contribution in [3.05, 3.63) is 151 Å². The van der Waals surface area contributed by atoms with Crippen molar-refractivity contribution in [2.45, 2.75) is 58.2 Å². The Morgan fingerprint density at radius 2 is 1.19 bits per heavy atom. The highest BCUT2D eigenvalue weighted by atomic mass is 28.3. The van der Waals surface area contributed by atoms with Gasteiger partial charge in [0.2, 0.25) is 0 Å². The molecule has 0 amide bonds. The van der Waals surface area contributed by atoms with Crippen LogP contribution in [0.15, 0.2) is 140 Å². The molecule has 0 unspecified atom stereocenters. The summed E-state index contributed by atoms with van der Waals surface area (Å²) < 4.78 is 0. The van der Waals surface area contributed by atoms with E-state index < -0.39 is 8.07 Å². The maximum absolute atomic E-state index is 5.24. The van der Waals surface area contributed by atoms with Gasteiger partial charge in [-0.15, -0.1) is 0 Å². The molecule has 0 fully saturated rings. The maximum Gasteiger partial charge on any atom is 0.165 e. The summed E-state index contributed by atoms with van der Waals surface area (Å²) >= 11 is 0. The third-order valence-electron chi connectivity index (χ3n) is 12.3. The zero-order valence-corrected chi connectivity index (χ0v) is 32.7. The highest BCUT2D eigenvalue weighted by Crippen LogP contribution is 2.52. The van der Waals surface area contributed by atoms with Gasteiger partial charge in [0.15, 0.2) is 17.5 Å². The number of hydrogen-bond donors (Lipinski definition) is 0. The molecule has 9 rings (SSSR count). The Kier molecular flexibility index (Phi) is 8.35. The summed E-state index contributed by atoms with van der Waals surface area (Å²) in [5.74, 6) is 1.88. The van der Waals surface area contributed by atoms with Gasteiger partial charge in [0.1, 0.15) is 0 Å². The molecule has 0 saturated carbocycles. The van der Waals surface area contributed by atoms with Crippen LogP contribution >= 0.6 is 0 Å². The SMILES string of the molecule is CC[Si](CC)(CC)c1ccc2c(c1)C(C)(C)c1cccc(-c3cccc(-c4nc(-c5cccnc5)nc(-c5cccc6ccc7ccccc7c56)n4)c3)c1-2. The van der Waals surface area contributed by atoms with Crippen LogP contribution in [0.4, 0.5) is 0 Å². The number of fused-ring (bicyclic) bond motifs is 6. The number of benzene rings is 6. The molecule has 6 aromatic carbocycles. The minimum atomic E-state index is -1.54. The van der Waals surface area contributed by atoms with Crippen LogP contribution in [0.1, 0.15) is 45.7 Å². The molecule has 1 aliphatic carbocycles. The molecule has 0 saturated heterocycles. The van der Waals surface area contributed by atoms with Crippen LogP contribution in [0, 0.1) is 0 Å². The molecule has 264 valence electrons. The Hall–Kier alpha value is -5.78. The molecular weight excluding hydrogens is 673 g/mol. The molecule has 0 radical (unpaired) electrons. The smallest absolute Gasteiger partial charge is 0.165 e. The molecule has 0 aliphatic heterocycles. The van der Waals surface area contributed by atoms with Crippen LogP contribution in [0.5, 0.6) is 0 Å². The Balaban J connectivity index is 1.21. The number of nitrogens with zero attached hydrogens (tertiary/aromatic N) is 4. The van der Waals surface area contributed by atoms with Gasteiger partial charge in [-0.05, 0) is 67.7 Å². The fourth-order valence-electron chi connectivity index (χ4n) is 9.04. The van der Waals surface area contributed by atoms with Gasteiger partial charge in [-0.25, -0.2) is 15.0 Å². The summed E-state index contributed by atoms with van der Waals surface area (Å²) in [5.41, 5.74) is 10.6. The average molecular weight is 717 g/mol. The molecule has 0 spiro atoms. The average Bonchev–Trinajstić information content (AvgIpc) is 3.47. The Morgan fingerprint density at radius 1 is 0.519 bits per heavy atom. The monoisotopic (exact) mass is 716 g/mol. The quantitative estimate of drug-likeness (QED) is 0.116. The van der Waals surface area contributed by atoms with Crippen LogP contribution < -0.4 is 5.19 Å². The van der Waals surface area contributed by atoms with E-state index >= 15 is 0 Å². The molecule has 0 N–H and O–H groups in total. The van der Waals surface area contributed by atoms with Gasteiger partial charge in [-0.3, -0.25) is 4.98 Å². The van der Waals surface area contributed by atoms with Crippen molar-refractivity contribution in [2.24, 2.45) is 0 Å². The fraction of sp³-hybridized carbons (Fsp3) is 0.184. The Morgan fingerprint density at radius 3 is 1.98 bits per heavy atom. The number of pyridine rings is 1. The van der Waals surface area contributed by atoms with Gasteiger partial charge in [0, 0.05) is 39.9 Å². The molecule has 2 heterocycles.